The van der Waals surface area contributed by atoms with Crippen molar-refractivity contribution in [3.8, 4) is 0 Å². The molecule has 0 aliphatic rings. The van der Waals surface area contributed by atoms with Crippen LogP contribution in [-0.2, 0) is 0 Å². The normalized spacial score (nSPS) is 10.7. The lowest BCUT2D eigenvalue weighted by atomic mass is 10.3. The van der Waals surface area contributed by atoms with Crippen LogP contribution in [0.15, 0.2) is 61.0 Å². The molecule has 0 radical (unpaired) electrons. The van der Waals surface area contributed by atoms with Gasteiger partial charge in [-0.25, -0.2) is 0 Å². The van der Waals surface area contributed by atoms with Crippen LogP contribution in [0.25, 0.3) is 0 Å². The minimum Gasteiger partial charge on any atom is -0.264 e. The molecule has 15 heavy (non-hydrogen) atoms. The lowest BCUT2D eigenvalue weighted by Crippen LogP contribution is -1.69. The van der Waals surface area contributed by atoms with Crippen LogP contribution in [0.5, 0.6) is 0 Å². The molecule has 1 heteroatoms. The van der Waals surface area contributed by atoms with Gasteiger partial charge in [0.2, 0.25) is 0 Å². The van der Waals surface area contributed by atoms with E-state index in [9.17, 15) is 0 Å². The Hall–Kier alpha value is -1.63. The molecule has 1 aromatic rings. The summed E-state index contributed by atoms with van der Waals surface area (Å²) in [5, 5.41) is 0. The van der Waals surface area contributed by atoms with Gasteiger partial charge < -0.3 is 0 Å². The van der Waals surface area contributed by atoms with E-state index in [0.717, 1.165) is 0 Å². The molecule has 0 aliphatic carbocycles. The summed E-state index contributed by atoms with van der Waals surface area (Å²) in [5.41, 5.74) is 2.48. The second kappa shape index (κ2) is 8.95. The third-order valence-electron chi connectivity index (χ3n) is 1.76. The van der Waals surface area contributed by atoms with E-state index in [-0.39, 0.29) is 0 Å². The first-order valence-corrected chi connectivity index (χ1v) is 4.99. The number of hydrogen-bond donors (Lipinski definition) is 0. The van der Waals surface area contributed by atoms with Crippen molar-refractivity contribution >= 4 is 0 Å². The molecule has 0 atom stereocenters. The van der Waals surface area contributed by atoms with Crippen LogP contribution in [0.2, 0.25) is 0 Å². The number of rotatable bonds is 2. The molecule has 0 spiro atoms. The van der Waals surface area contributed by atoms with E-state index in [0.29, 0.717) is 0 Å². The van der Waals surface area contributed by atoms with Crippen LogP contribution in [0.3, 0.4) is 0 Å². The van der Waals surface area contributed by atoms with Crippen molar-refractivity contribution in [2.24, 2.45) is 0 Å². The molecule has 0 aromatic carbocycles. The predicted molar refractivity (Wildman–Crippen MR) is 67.7 cm³/mol. The van der Waals surface area contributed by atoms with E-state index in [1.54, 1.807) is 12.3 Å². The summed E-state index contributed by atoms with van der Waals surface area (Å²) in [4.78, 5) is 3.88. The zero-order chi connectivity index (χ0) is 11.5. The molecule has 0 saturated carbocycles. The topological polar surface area (TPSA) is 12.9 Å². The molecule has 0 unspecified atom stereocenters. The summed E-state index contributed by atoms with van der Waals surface area (Å²) in [6.07, 6.45) is 11.4. The summed E-state index contributed by atoms with van der Waals surface area (Å²) >= 11 is 0. The molecule has 0 aliphatic heterocycles. The predicted octanol–water partition coefficient (Wildman–Crippen LogP) is 4.08. The Bertz CT molecular complexity index is 320. The summed E-state index contributed by atoms with van der Waals surface area (Å²) < 4.78 is 0. The number of aryl methyl sites for hydroxylation is 1. The van der Waals surface area contributed by atoms with Gasteiger partial charge in [0, 0.05) is 12.4 Å². The van der Waals surface area contributed by atoms with Gasteiger partial charge in [-0.3, -0.25) is 4.98 Å². The number of pyridine rings is 1. The molecule has 0 saturated heterocycles. The van der Waals surface area contributed by atoms with Gasteiger partial charge >= 0.3 is 0 Å². The van der Waals surface area contributed by atoms with Gasteiger partial charge in [0.05, 0.1) is 0 Å². The average Bonchev–Trinajstić information content (AvgIpc) is 2.28. The molecule has 1 aromatic heterocycles. The fourth-order valence-electron chi connectivity index (χ4n) is 0.764. The van der Waals surface area contributed by atoms with Gasteiger partial charge in [-0.1, -0.05) is 42.5 Å². The molecule has 1 nitrogen and oxygen atoms in total. The molecule has 0 bridgehead atoms. The first-order valence-electron chi connectivity index (χ1n) is 4.99. The quantitative estimate of drug-likeness (QED) is 0.657. The first kappa shape index (κ1) is 13.4. The van der Waals surface area contributed by atoms with E-state index < -0.39 is 0 Å². The van der Waals surface area contributed by atoms with Crippen LogP contribution < -0.4 is 0 Å². The van der Waals surface area contributed by atoms with E-state index >= 15 is 0 Å². The van der Waals surface area contributed by atoms with Crippen molar-refractivity contribution in [2.75, 3.05) is 0 Å². The molecule has 80 valence electrons. The fourth-order valence-corrected chi connectivity index (χ4v) is 0.764. The number of aromatic nitrogens is 1. The van der Waals surface area contributed by atoms with Crippen molar-refractivity contribution in [1.29, 1.82) is 0 Å². The number of allylic oxidation sites excluding steroid dienone is 5. The van der Waals surface area contributed by atoms with Crippen molar-refractivity contribution in [2.45, 2.75) is 20.8 Å². The Labute approximate surface area is 92.9 Å². The highest BCUT2D eigenvalue weighted by Crippen LogP contribution is 1.92. The monoisotopic (exact) mass is 201 g/mol. The SMILES string of the molecule is C=C/C=C\C(C)=C/C.Cc1cccnc1. The lowest BCUT2D eigenvalue weighted by molar-refractivity contribution is 1.27. The Morgan fingerprint density at radius 1 is 1.47 bits per heavy atom. The lowest BCUT2D eigenvalue weighted by Gasteiger charge is -1.82. The smallest absolute Gasteiger partial charge is 0.0297 e. The largest absolute Gasteiger partial charge is 0.264 e. The maximum Gasteiger partial charge on any atom is 0.0297 e. The molecular formula is C14H19N. The van der Waals surface area contributed by atoms with Gasteiger partial charge in [-0.15, -0.1) is 0 Å². The van der Waals surface area contributed by atoms with Gasteiger partial charge in [-0.2, -0.15) is 0 Å². The van der Waals surface area contributed by atoms with E-state index in [4.69, 9.17) is 0 Å². The van der Waals surface area contributed by atoms with Crippen LogP contribution in [0.4, 0.5) is 0 Å². The Balaban J connectivity index is 0.000000262. The van der Waals surface area contributed by atoms with Gasteiger partial charge in [-0.05, 0) is 32.4 Å². The molecule has 0 fully saturated rings. The summed E-state index contributed by atoms with van der Waals surface area (Å²) in [6, 6.07) is 3.95. The van der Waals surface area contributed by atoms with E-state index in [2.05, 4.69) is 24.6 Å². The molecule has 1 rings (SSSR count). The fraction of sp³-hybridized carbons (Fsp3) is 0.214. The van der Waals surface area contributed by atoms with Crippen LogP contribution in [-0.4, -0.2) is 4.98 Å². The van der Waals surface area contributed by atoms with Crippen LogP contribution in [0.1, 0.15) is 19.4 Å². The summed E-state index contributed by atoms with van der Waals surface area (Å²) in [6.45, 7) is 9.65. The average molecular weight is 201 g/mol. The van der Waals surface area contributed by atoms with Gasteiger partial charge in [0.25, 0.3) is 0 Å². The van der Waals surface area contributed by atoms with Gasteiger partial charge in [0.15, 0.2) is 0 Å². The Morgan fingerprint density at radius 3 is 2.53 bits per heavy atom. The summed E-state index contributed by atoms with van der Waals surface area (Å²) in [7, 11) is 0. The van der Waals surface area contributed by atoms with E-state index in [1.165, 1.54) is 11.1 Å². The van der Waals surface area contributed by atoms with Crippen molar-refractivity contribution in [3.05, 3.63) is 66.5 Å². The zero-order valence-electron chi connectivity index (χ0n) is 9.77. The maximum absolute atomic E-state index is 3.88. The molecule has 0 N–H and O–H groups in total. The third-order valence-corrected chi connectivity index (χ3v) is 1.76. The van der Waals surface area contributed by atoms with Gasteiger partial charge in [0.1, 0.15) is 0 Å². The van der Waals surface area contributed by atoms with Crippen LogP contribution in [0, 0.1) is 6.92 Å². The highest BCUT2D eigenvalue weighted by Gasteiger charge is 1.73. The second-order valence-corrected chi connectivity index (χ2v) is 3.16. The molecular weight excluding hydrogens is 182 g/mol. The second-order valence-electron chi connectivity index (χ2n) is 3.16. The van der Waals surface area contributed by atoms with Crippen molar-refractivity contribution in [1.82, 2.24) is 4.98 Å². The van der Waals surface area contributed by atoms with Crippen molar-refractivity contribution < 1.29 is 0 Å². The molecule has 1 heterocycles. The Kier molecular flexibility index (Phi) is 7.97. The maximum atomic E-state index is 3.88. The zero-order valence-corrected chi connectivity index (χ0v) is 9.77. The number of nitrogens with zero attached hydrogens (tertiary/aromatic N) is 1. The standard InChI is InChI=1S/C8H12.C6H7N/c1-4-6-7-8(3)5-2;1-6-3-2-4-7-5-6/h4-7H,1H2,2-3H3;2-5H,1H3/b7-6-,8-5-;. The first-order chi connectivity index (χ1) is 7.20. The van der Waals surface area contributed by atoms with Crippen molar-refractivity contribution in [3.63, 3.8) is 0 Å². The number of hydrogen-bond acceptors (Lipinski definition) is 1. The Morgan fingerprint density at radius 2 is 2.20 bits per heavy atom. The summed E-state index contributed by atoms with van der Waals surface area (Å²) in [5.74, 6) is 0. The molecule has 0 amide bonds. The highest BCUT2D eigenvalue weighted by molar-refractivity contribution is 5.18. The third kappa shape index (κ3) is 8.69. The van der Waals surface area contributed by atoms with Crippen LogP contribution >= 0.6 is 0 Å². The van der Waals surface area contributed by atoms with E-state index in [1.807, 2.05) is 44.3 Å². The highest BCUT2D eigenvalue weighted by atomic mass is 14.6. The minimum atomic E-state index is 1.21. The minimum absolute atomic E-state index is 1.21.